The Labute approximate surface area is 192 Å². The smallest absolute Gasteiger partial charge is 0.424 e. The molecule has 0 spiro atoms. The molecular weight excluding hydrogens is 490 g/mol. The second-order valence-electron chi connectivity index (χ2n) is 8.31. The molecule has 0 bridgehead atoms. The average molecular weight is 512 g/mol. The molecule has 6 nitrogen and oxygen atoms in total. The largest absolute Gasteiger partial charge is 0.443 e. The van der Waals surface area contributed by atoms with Crippen molar-refractivity contribution in [1.29, 1.82) is 0 Å². The van der Waals surface area contributed by atoms with Crippen LogP contribution in [0.15, 0.2) is 59.5 Å². The second-order valence-corrected chi connectivity index (χ2v) is 10.2. The van der Waals surface area contributed by atoms with E-state index in [9.17, 15) is 39.6 Å². The Bertz CT molecular complexity index is 1110. The van der Waals surface area contributed by atoms with Gasteiger partial charge in [-0.25, -0.2) is 13.2 Å². The van der Waals surface area contributed by atoms with Crippen LogP contribution in [0.25, 0.3) is 0 Å². The van der Waals surface area contributed by atoms with E-state index in [4.69, 9.17) is 10.5 Å². The molecular formula is C21H22F6N2O4S. The summed E-state index contributed by atoms with van der Waals surface area (Å²) in [5.41, 5.74) is -2.46. The summed E-state index contributed by atoms with van der Waals surface area (Å²) in [6.07, 6.45) is -13.4. The van der Waals surface area contributed by atoms with Gasteiger partial charge in [-0.3, -0.25) is 0 Å². The SMILES string of the molecule is CC(C)(C)OC(=O)N(Cc1ccccc1)S(=O)(=O)c1cccc(C(N)(C(F)(F)F)C(F)(F)F)c1. The molecule has 2 aromatic rings. The van der Waals surface area contributed by atoms with Crippen molar-refractivity contribution >= 4 is 16.1 Å². The number of carbonyl (C=O) groups is 1. The van der Waals surface area contributed by atoms with Crippen LogP contribution in [0.1, 0.15) is 31.9 Å². The highest BCUT2D eigenvalue weighted by Crippen LogP contribution is 2.48. The van der Waals surface area contributed by atoms with Crippen molar-refractivity contribution in [3.8, 4) is 0 Å². The molecule has 2 rings (SSSR count). The fourth-order valence-electron chi connectivity index (χ4n) is 2.83. The van der Waals surface area contributed by atoms with Gasteiger partial charge in [0.2, 0.25) is 5.54 Å². The van der Waals surface area contributed by atoms with E-state index in [0.29, 0.717) is 17.7 Å². The summed E-state index contributed by atoms with van der Waals surface area (Å²) in [7, 11) is -4.98. The molecule has 0 unspecified atom stereocenters. The highest BCUT2D eigenvalue weighted by atomic mass is 32.2. The first-order chi connectivity index (χ1) is 15.3. The number of ether oxygens (including phenoxy) is 1. The molecule has 0 atom stereocenters. The van der Waals surface area contributed by atoms with E-state index in [0.717, 1.165) is 6.07 Å². The number of rotatable bonds is 5. The number of benzene rings is 2. The Morgan fingerprint density at radius 1 is 0.912 bits per heavy atom. The van der Waals surface area contributed by atoms with E-state index < -0.39 is 56.6 Å². The van der Waals surface area contributed by atoms with Crippen LogP contribution in [0.3, 0.4) is 0 Å². The predicted molar refractivity (Wildman–Crippen MR) is 110 cm³/mol. The maximum absolute atomic E-state index is 13.4. The topological polar surface area (TPSA) is 89.7 Å². The molecule has 0 saturated heterocycles. The molecule has 0 aliphatic carbocycles. The van der Waals surface area contributed by atoms with Crippen LogP contribution in [0, 0.1) is 0 Å². The Kier molecular flexibility index (Phi) is 7.34. The number of sulfonamides is 1. The van der Waals surface area contributed by atoms with Crippen molar-refractivity contribution in [3.63, 3.8) is 0 Å². The highest BCUT2D eigenvalue weighted by molar-refractivity contribution is 7.89. The summed E-state index contributed by atoms with van der Waals surface area (Å²) < 4.78 is 112. The molecule has 34 heavy (non-hydrogen) atoms. The summed E-state index contributed by atoms with van der Waals surface area (Å²) in [6.45, 7) is 3.77. The van der Waals surface area contributed by atoms with Crippen LogP contribution in [0.5, 0.6) is 0 Å². The van der Waals surface area contributed by atoms with Crippen LogP contribution in [-0.2, 0) is 26.8 Å². The molecule has 188 valence electrons. The van der Waals surface area contributed by atoms with E-state index in [1.54, 1.807) is 18.2 Å². The Morgan fingerprint density at radius 3 is 1.91 bits per heavy atom. The van der Waals surface area contributed by atoms with Gasteiger partial charge in [-0.05, 0) is 44.0 Å². The molecule has 0 radical (unpaired) electrons. The molecule has 2 aromatic carbocycles. The van der Waals surface area contributed by atoms with Crippen LogP contribution >= 0.6 is 0 Å². The molecule has 0 aliphatic heterocycles. The van der Waals surface area contributed by atoms with Crippen molar-refractivity contribution in [2.24, 2.45) is 5.73 Å². The molecule has 0 aliphatic rings. The van der Waals surface area contributed by atoms with Crippen molar-refractivity contribution in [1.82, 2.24) is 4.31 Å². The van der Waals surface area contributed by atoms with Crippen molar-refractivity contribution in [2.45, 2.75) is 55.7 Å². The lowest BCUT2D eigenvalue weighted by Gasteiger charge is -2.34. The van der Waals surface area contributed by atoms with Gasteiger partial charge >= 0.3 is 18.4 Å². The van der Waals surface area contributed by atoms with Gasteiger partial charge in [-0.1, -0.05) is 42.5 Å². The third-order valence-corrected chi connectivity index (χ3v) is 6.25. The van der Waals surface area contributed by atoms with Crippen LogP contribution in [0.4, 0.5) is 31.1 Å². The quantitative estimate of drug-likeness (QED) is 0.564. The van der Waals surface area contributed by atoms with Gasteiger partial charge < -0.3 is 10.5 Å². The van der Waals surface area contributed by atoms with E-state index in [-0.39, 0.29) is 10.4 Å². The van der Waals surface area contributed by atoms with Crippen molar-refractivity contribution in [2.75, 3.05) is 0 Å². The number of nitrogens with zero attached hydrogens (tertiary/aromatic N) is 1. The Balaban J connectivity index is 2.65. The number of hydrogen-bond acceptors (Lipinski definition) is 5. The summed E-state index contributed by atoms with van der Waals surface area (Å²) in [5.74, 6) is 0. The van der Waals surface area contributed by atoms with E-state index in [1.807, 2.05) is 0 Å². The normalized spacial score (nSPS) is 13.5. The maximum atomic E-state index is 13.4. The minimum atomic E-state index is -6.00. The first kappa shape index (κ1) is 27.4. The lowest BCUT2D eigenvalue weighted by atomic mass is 9.89. The average Bonchev–Trinajstić information content (AvgIpc) is 2.69. The van der Waals surface area contributed by atoms with Gasteiger partial charge in [0, 0.05) is 0 Å². The monoisotopic (exact) mass is 512 g/mol. The number of amides is 1. The first-order valence-electron chi connectivity index (χ1n) is 9.63. The van der Waals surface area contributed by atoms with E-state index in [2.05, 4.69) is 0 Å². The van der Waals surface area contributed by atoms with E-state index in [1.165, 1.54) is 32.9 Å². The second kappa shape index (κ2) is 9.10. The third-order valence-electron chi connectivity index (χ3n) is 4.54. The zero-order chi connectivity index (χ0) is 26.2. The van der Waals surface area contributed by atoms with E-state index >= 15 is 0 Å². The fourth-order valence-corrected chi connectivity index (χ4v) is 4.16. The number of halogens is 6. The number of alkyl halides is 6. The van der Waals surface area contributed by atoms with Gasteiger partial charge in [0.25, 0.3) is 10.0 Å². The predicted octanol–water partition coefficient (Wildman–Crippen LogP) is 5.09. The third kappa shape index (κ3) is 5.63. The molecule has 0 aromatic heterocycles. The number of hydrogen-bond donors (Lipinski definition) is 1. The van der Waals surface area contributed by atoms with Gasteiger partial charge in [-0.2, -0.15) is 30.6 Å². The molecule has 0 fully saturated rings. The molecule has 2 N–H and O–H groups in total. The Morgan fingerprint density at radius 2 is 1.44 bits per heavy atom. The minimum Gasteiger partial charge on any atom is -0.443 e. The minimum absolute atomic E-state index is 0.151. The first-order valence-corrected chi connectivity index (χ1v) is 11.1. The zero-order valence-electron chi connectivity index (χ0n) is 18.2. The number of carbonyl (C=O) groups excluding carboxylic acids is 1. The van der Waals surface area contributed by atoms with Crippen molar-refractivity contribution in [3.05, 3.63) is 65.7 Å². The lowest BCUT2D eigenvalue weighted by Crippen LogP contribution is -2.60. The van der Waals surface area contributed by atoms with Crippen LogP contribution < -0.4 is 5.73 Å². The van der Waals surface area contributed by atoms with Crippen LogP contribution in [-0.4, -0.2) is 36.8 Å². The molecule has 13 heteroatoms. The summed E-state index contributed by atoms with van der Waals surface area (Å²) >= 11 is 0. The van der Waals surface area contributed by atoms with Crippen molar-refractivity contribution < 1.29 is 44.3 Å². The standard InChI is InChI=1S/C21H22F6N2O4S/c1-18(2,3)33-17(30)29(13-14-8-5-4-6-9-14)34(31,32)16-11-7-10-15(12-16)19(28,20(22,23)24)21(25,26)27/h4-12H,13,28H2,1-3H3. The maximum Gasteiger partial charge on any atom is 0.424 e. The summed E-state index contributed by atoms with van der Waals surface area (Å²) in [6, 6.07) is 9.66. The fraction of sp³-hybridized carbons (Fsp3) is 0.381. The number of nitrogens with two attached hydrogens (primary N) is 1. The molecule has 1 amide bonds. The molecule has 0 saturated carbocycles. The van der Waals surface area contributed by atoms with Gasteiger partial charge in [0.1, 0.15) is 5.60 Å². The highest BCUT2D eigenvalue weighted by Gasteiger charge is 2.69. The lowest BCUT2D eigenvalue weighted by molar-refractivity contribution is -0.301. The zero-order valence-corrected chi connectivity index (χ0v) is 19.1. The van der Waals surface area contributed by atoms with Gasteiger partial charge in [0.15, 0.2) is 0 Å². The summed E-state index contributed by atoms with van der Waals surface area (Å²) in [4.78, 5) is 11.7. The van der Waals surface area contributed by atoms with Gasteiger partial charge in [0.05, 0.1) is 11.4 Å². The Hall–Kier alpha value is -2.80. The van der Waals surface area contributed by atoms with Gasteiger partial charge in [-0.15, -0.1) is 0 Å². The molecule has 0 heterocycles. The van der Waals surface area contributed by atoms with Crippen LogP contribution in [0.2, 0.25) is 0 Å². The summed E-state index contributed by atoms with van der Waals surface area (Å²) in [5, 5.41) is 0.